The first-order valence-electron chi connectivity index (χ1n) is 5.26. The highest BCUT2D eigenvalue weighted by atomic mass is 35.5. The van der Waals surface area contributed by atoms with Crippen LogP contribution < -0.4 is 10.5 Å². The molecule has 1 aromatic heterocycles. The lowest BCUT2D eigenvalue weighted by Crippen LogP contribution is -2.11. The molecule has 0 amide bonds. The van der Waals surface area contributed by atoms with E-state index in [0.717, 1.165) is 5.56 Å². The van der Waals surface area contributed by atoms with E-state index in [1.807, 2.05) is 13.2 Å². The number of aromatic nitrogens is 2. The van der Waals surface area contributed by atoms with Gasteiger partial charge >= 0.3 is 0 Å². The predicted octanol–water partition coefficient (Wildman–Crippen LogP) is 2.29. The Morgan fingerprint density at radius 3 is 2.94 bits per heavy atom. The first kappa shape index (κ1) is 12.9. The van der Waals surface area contributed by atoms with E-state index >= 15 is 0 Å². The van der Waals surface area contributed by atoms with E-state index in [0.29, 0.717) is 22.9 Å². The van der Waals surface area contributed by atoms with Gasteiger partial charge in [0.05, 0.1) is 11.8 Å². The van der Waals surface area contributed by atoms with Crippen LogP contribution in [0.3, 0.4) is 0 Å². The monoisotopic (exact) mass is 281 g/mol. The highest BCUT2D eigenvalue weighted by molar-refractivity contribution is 7.80. The highest BCUT2D eigenvalue weighted by Gasteiger charge is 2.08. The molecule has 2 rings (SSSR count). The number of thiocarbonyl (C=S) groups is 1. The molecule has 0 saturated carbocycles. The summed E-state index contributed by atoms with van der Waals surface area (Å²) in [7, 11) is 1.85. The average Bonchev–Trinajstić information content (AvgIpc) is 2.72. The Labute approximate surface area is 115 Å². The number of hydrogen-bond acceptors (Lipinski definition) is 3. The van der Waals surface area contributed by atoms with Gasteiger partial charge in [-0.2, -0.15) is 5.10 Å². The summed E-state index contributed by atoms with van der Waals surface area (Å²) < 4.78 is 7.39. The first-order valence-corrected chi connectivity index (χ1v) is 6.04. The minimum atomic E-state index is 0.285. The second-order valence-electron chi connectivity index (χ2n) is 3.82. The molecular formula is C12H12ClN3OS. The normalized spacial score (nSPS) is 10.3. The van der Waals surface area contributed by atoms with Crippen molar-refractivity contribution >= 4 is 28.8 Å². The zero-order chi connectivity index (χ0) is 13.1. The van der Waals surface area contributed by atoms with Crippen molar-refractivity contribution < 1.29 is 4.74 Å². The van der Waals surface area contributed by atoms with Crippen molar-refractivity contribution in [3.63, 3.8) is 0 Å². The molecule has 0 fully saturated rings. The Kier molecular flexibility index (Phi) is 3.84. The van der Waals surface area contributed by atoms with E-state index in [-0.39, 0.29) is 4.99 Å². The topological polar surface area (TPSA) is 53.1 Å². The molecule has 18 heavy (non-hydrogen) atoms. The molecule has 0 radical (unpaired) electrons. The van der Waals surface area contributed by atoms with Crippen molar-refractivity contribution in [2.45, 2.75) is 6.61 Å². The Bertz CT molecular complexity index is 582. The summed E-state index contributed by atoms with van der Waals surface area (Å²) in [6.07, 6.45) is 3.62. The number of aryl methyl sites for hydroxylation is 1. The maximum absolute atomic E-state index is 5.93. The van der Waals surface area contributed by atoms with Crippen LogP contribution in [0.25, 0.3) is 0 Å². The Balaban J connectivity index is 2.17. The molecule has 6 heteroatoms. The summed E-state index contributed by atoms with van der Waals surface area (Å²) in [6.45, 7) is 0.393. The summed E-state index contributed by atoms with van der Waals surface area (Å²) in [6, 6.07) is 5.18. The second kappa shape index (κ2) is 5.37. The quantitative estimate of drug-likeness (QED) is 0.874. The van der Waals surface area contributed by atoms with E-state index < -0.39 is 0 Å². The maximum atomic E-state index is 5.93. The van der Waals surface area contributed by atoms with Crippen LogP contribution in [0.2, 0.25) is 5.02 Å². The molecule has 0 unspecified atom stereocenters. The number of nitrogens with zero attached hydrogens (tertiary/aromatic N) is 2. The summed E-state index contributed by atoms with van der Waals surface area (Å²) in [5, 5.41) is 4.64. The number of hydrogen-bond donors (Lipinski definition) is 1. The van der Waals surface area contributed by atoms with Crippen LogP contribution in [0.5, 0.6) is 5.75 Å². The molecule has 0 saturated heterocycles. The maximum Gasteiger partial charge on any atom is 0.131 e. The van der Waals surface area contributed by atoms with Crippen LogP contribution in [-0.2, 0) is 13.7 Å². The summed E-state index contributed by atoms with van der Waals surface area (Å²) in [4.78, 5) is 0.285. The van der Waals surface area contributed by atoms with Gasteiger partial charge in [0, 0.05) is 23.8 Å². The molecule has 0 aliphatic carbocycles. The van der Waals surface area contributed by atoms with Gasteiger partial charge in [-0.05, 0) is 18.2 Å². The van der Waals surface area contributed by atoms with Crippen molar-refractivity contribution in [3.8, 4) is 5.75 Å². The van der Waals surface area contributed by atoms with Gasteiger partial charge in [-0.1, -0.05) is 23.8 Å². The van der Waals surface area contributed by atoms with Crippen molar-refractivity contribution in [1.82, 2.24) is 9.78 Å². The molecule has 2 aromatic rings. The molecule has 94 valence electrons. The van der Waals surface area contributed by atoms with Gasteiger partial charge in [0.2, 0.25) is 0 Å². The van der Waals surface area contributed by atoms with Crippen LogP contribution in [0, 0.1) is 0 Å². The molecule has 1 aromatic carbocycles. The number of ether oxygens (including phenoxy) is 1. The van der Waals surface area contributed by atoms with E-state index in [4.69, 9.17) is 34.3 Å². The lowest BCUT2D eigenvalue weighted by Gasteiger charge is -2.10. The first-order chi connectivity index (χ1) is 8.56. The second-order valence-corrected chi connectivity index (χ2v) is 4.69. The average molecular weight is 282 g/mol. The number of rotatable bonds is 4. The molecule has 0 atom stereocenters. The molecule has 0 spiro atoms. The molecule has 4 nitrogen and oxygen atoms in total. The predicted molar refractivity (Wildman–Crippen MR) is 74.9 cm³/mol. The standard InChI is InChI=1S/C12H12ClN3OS/c1-16-6-8(5-15-16)7-17-11-4-9(13)2-3-10(11)12(14)18/h2-6H,7H2,1H3,(H2,14,18). The highest BCUT2D eigenvalue weighted by Crippen LogP contribution is 2.24. The van der Waals surface area contributed by atoms with Crippen LogP contribution in [0.1, 0.15) is 11.1 Å². The van der Waals surface area contributed by atoms with Crippen LogP contribution >= 0.6 is 23.8 Å². The smallest absolute Gasteiger partial charge is 0.131 e. The molecule has 0 aliphatic heterocycles. The largest absolute Gasteiger partial charge is 0.488 e. The molecule has 2 N–H and O–H groups in total. The van der Waals surface area contributed by atoms with Crippen LogP contribution in [0.4, 0.5) is 0 Å². The number of halogens is 1. The van der Waals surface area contributed by atoms with Gasteiger partial charge in [0.15, 0.2) is 0 Å². The SMILES string of the molecule is Cn1cc(COc2cc(Cl)ccc2C(N)=S)cn1. The molecular weight excluding hydrogens is 270 g/mol. The molecule has 0 aliphatic rings. The van der Waals surface area contributed by atoms with Crippen molar-refractivity contribution in [2.75, 3.05) is 0 Å². The third-order valence-electron chi connectivity index (χ3n) is 2.36. The third-order valence-corrected chi connectivity index (χ3v) is 2.82. The lowest BCUT2D eigenvalue weighted by atomic mass is 10.2. The molecule has 1 heterocycles. The molecule has 0 bridgehead atoms. The fourth-order valence-electron chi connectivity index (χ4n) is 1.53. The Hall–Kier alpha value is -1.59. The van der Waals surface area contributed by atoms with Crippen molar-refractivity contribution in [3.05, 3.63) is 46.7 Å². The van der Waals surface area contributed by atoms with Gasteiger partial charge in [-0.3, -0.25) is 4.68 Å². The van der Waals surface area contributed by atoms with Crippen LogP contribution in [-0.4, -0.2) is 14.8 Å². The minimum Gasteiger partial charge on any atom is -0.488 e. The fourth-order valence-corrected chi connectivity index (χ4v) is 1.86. The Morgan fingerprint density at radius 2 is 2.33 bits per heavy atom. The van der Waals surface area contributed by atoms with Gasteiger partial charge in [-0.15, -0.1) is 0 Å². The van der Waals surface area contributed by atoms with Crippen molar-refractivity contribution in [2.24, 2.45) is 12.8 Å². The summed E-state index contributed by atoms with van der Waals surface area (Å²) in [5.41, 5.74) is 7.27. The summed E-state index contributed by atoms with van der Waals surface area (Å²) in [5.74, 6) is 0.582. The number of nitrogens with two attached hydrogens (primary N) is 1. The van der Waals surface area contributed by atoms with Gasteiger partial charge < -0.3 is 10.5 Å². The fraction of sp³-hybridized carbons (Fsp3) is 0.167. The van der Waals surface area contributed by atoms with E-state index in [1.165, 1.54) is 0 Å². The van der Waals surface area contributed by atoms with Crippen LogP contribution in [0.15, 0.2) is 30.6 Å². The zero-order valence-electron chi connectivity index (χ0n) is 9.76. The van der Waals surface area contributed by atoms with Gasteiger partial charge in [0.1, 0.15) is 17.3 Å². The van der Waals surface area contributed by atoms with Crippen molar-refractivity contribution in [1.29, 1.82) is 0 Å². The number of benzene rings is 1. The van der Waals surface area contributed by atoms with Gasteiger partial charge in [0.25, 0.3) is 0 Å². The van der Waals surface area contributed by atoms with Gasteiger partial charge in [-0.25, -0.2) is 0 Å². The van der Waals surface area contributed by atoms with E-state index in [9.17, 15) is 0 Å². The zero-order valence-corrected chi connectivity index (χ0v) is 11.3. The van der Waals surface area contributed by atoms with E-state index in [1.54, 1.807) is 29.1 Å². The summed E-state index contributed by atoms with van der Waals surface area (Å²) >= 11 is 10.9. The minimum absolute atomic E-state index is 0.285. The van der Waals surface area contributed by atoms with E-state index in [2.05, 4.69) is 5.10 Å². The third kappa shape index (κ3) is 3.00. The lowest BCUT2D eigenvalue weighted by molar-refractivity contribution is 0.305. The Morgan fingerprint density at radius 1 is 1.56 bits per heavy atom.